The van der Waals surface area contributed by atoms with Gasteiger partial charge >= 0.3 is 5.97 Å². The molecule has 1 unspecified atom stereocenters. The highest BCUT2D eigenvalue weighted by molar-refractivity contribution is 5.95. The standard InChI is InChI=1S/C19H21N3O3/c1-12-20-17(14-6-5-9-22(11-14)13(2)23)10-18(21-12)15-7-3-4-8-16(15)19(24)25/h3-4,7-8,10,14H,5-6,9,11H2,1-2H3,(H,24,25). The van der Waals surface area contributed by atoms with Gasteiger partial charge in [0, 0.05) is 37.2 Å². The van der Waals surface area contributed by atoms with Crippen molar-refractivity contribution in [2.24, 2.45) is 0 Å². The minimum atomic E-state index is -0.978. The smallest absolute Gasteiger partial charge is 0.336 e. The van der Waals surface area contributed by atoms with E-state index in [4.69, 9.17) is 0 Å². The van der Waals surface area contributed by atoms with Crippen molar-refractivity contribution in [3.8, 4) is 11.3 Å². The quantitative estimate of drug-likeness (QED) is 0.929. The lowest BCUT2D eigenvalue weighted by Gasteiger charge is -2.32. The van der Waals surface area contributed by atoms with Crippen molar-refractivity contribution in [1.82, 2.24) is 14.9 Å². The molecular formula is C19H21N3O3. The van der Waals surface area contributed by atoms with E-state index in [-0.39, 0.29) is 17.4 Å². The molecule has 3 rings (SSSR count). The van der Waals surface area contributed by atoms with Crippen molar-refractivity contribution in [2.45, 2.75) is 32.6 Å². The van der Waals surface area contributed by atoms with Crippen molar-refractivity contribution >= 4 is 11.9 Å². The number of carbonyl (C=O) groups excluding carboxylic acids is 1. The van der Waals surface area contributed by atoms with Crippen LogP contribution in [-0.2, 0) is 4.79 Å². The Morgan fingerprint density at radius 2 is 2.00 bits per heavy atom. The summed E-state index contributed by atoms with van der Waals surface area (Å²) in [5, 5.41) is 9.42. The first-order valence-electron chi connectivity index (χ1n) is 8.39. The minimum Gasteiger partial charge on any atom is -0.478 e. The number of nitrogens with zero attached hydrogens (tertiary/aromatic N) is 3. The molecule has 6 heteroatoms. The van der Waals surface area contributed by atoms with Crippen LogP contribution < -0.4 is 0 Å². The average molecular weight is 339 g/mol. The monoisotopic (exact) mass is 339 g/mol. The first-order valence-corrected chi connectivity index (χ1v) is 8.39. The highest BCUT2D eigenvalue weighted by Crippen LogP contribution is 2.29. The van der Waals surface area contributed by atoms with Gasteiger partial charge in [-0.3, -0.25) is 4.79 Å². The van der Waals surface area contributed by atoms with Crippen molar-refractivity contribution < 1.29 is 14.7 Å². The van der Waals surface area contributed by atoms with E-state index in [0.29, 0.717) is 23.6 Å². The van der Waals surface area contributed by atoms with E-state index in [0.717, 1.165) is 25.1 Å². The summed E-state index contributed by atoms with van der Waals surface area (Å²) in [6, 6.07) is 8.71. The maximum atomic E-state index is 11.7. The largest absolute Gasteiger partial charge is 0.478 e. The summed E-state index contributed by atoms with van der Waals surface area (Å²) in [7, 11) is 0. The van der Waals surface area contributed by atoms with Crippen LogP contribution in [0.1, 0.15) is 47.6 Å². The molecule has 25 heavy (non-hydrogen) atoms. The van der Waals surface area contributed by atoms with Gasteiger partial charge in [0.25, 0.3) is 0 Å². The number of hydrogen-bond acceptors (Lipinski definition) is 4. The Morgan fingerprint density at radius 3 is 2.72 bits per heavy atom. The average Bonchev–Trinajstić information content (AvgIpc) is 2.61. The Kier molecular flexibility index (Phi) is 4.79. The van der Waals surface area contributed by atoms with Gasteiger partial charge in [-0.1, -0.05) is 18.2 Å². The molecule has 1 amide bonds. The number of likely N-dealkylation sites (tertiary alicyclic amines) is 1. The molecule has 6 nitrogen and oxygen atoms in total. The normalized spacial score (nSPS) is 17.4. The number of amides is 1. The Bertz CT molecular complexity index is 819. The second-order valence-electron chi connectivity index (χ2n) is 6.38. The van der Waals surface area contributed by atoms with Crippen LogP contribution >= 0.6 is 0 Å². The van der Waals surface area contributed by atoms with E-state index < -0.39 is 5.97 Å². The number of aromatic carboxylic acids is 1. The van der Waals surface area contributed by atoms with Crippen LogP contribution in [0.3, 0.4) is 0 Å². The van der Waals surface area contributed by atoms with Crippen molar-refractivity contribution in [1.29, 1.82) is 0 Å². The van der Waals surface area contributed by atoms with Gasteiger partial charge in [0.15, 0.2) is 0 Å². The van der Waals surface area contributed by atoms with Crippen LogP contribution in [0, 0.1) is 6.92 Å². The predicted octanol–water partition coefficient (Wildman–Crippen LogP) is 2.88. The molecule has 1 aliphatic rings. The van der Waals surface area contributed by atoms with Crippen LogP contribution in [-0.4, -0.2) is 44.9 Å². The van der Waals surface area contributed by atoms with Gasteiger partial charge in [0.1, 0.15) is 5.82 Å². The van der Waals surface area contributed by atoms with Crippen LogP contribution in [0.25, 0.3) is 11.3 Å². The fraction of sp³-hybridized carbons (Fsp3) is 0.368. The van der Waals surface area contributed by atoms with Crippen LogP contribution in [0.4, 0.5) is 0 Å². The molecule has 0 spiro atoms. The van der Waals surface area contributed by atoms with Gasteiger partial charge in [0.2, 0.25) is 5.91 Å². The van der Waals surface area contributed by atoms with E-state index in [1.54, 1.807) is 31.2 Å². The molecule has 130 valence electrons. The number of hydrogen-bond donors (Lipinski definition) is 1. The van der Waals surface area contributed by atoms with Gasteiger partial charge in [-0.15, -0.1) is 0 Å². The van der Waals surface area contributed by atoms with Gasteiger partial charge < -0.3 is 10.0 Å². The van der Waals surface area contributed by atoms with E-state index in [1.165, 1.54) is 0 Å². The topological polar surface area (TPSA) is 83.4 Å². The zero-order valence-corrected chi connectivity index (χ0v) is 14.4. The summed E-state index contributed by atoms with van der Waals surface area (Å²) >= 11 is 0. The van der Waals surface area contributed by atoms with E-state index in [1.807, 2.05) is 17.9 Å². The number of carbonyl (C=O) groups is 2. The SMILES string of the molecule is CC(=O)N1CCCC(c2cc(-c3ccccc3C(=O)O)nc(C)n2)C1. The van der Waals surface area contributed by atoms with E-state index >= 15 is 0 Å². The number of carboxylic acid groups (broad SMARTS) is 1. The molecule has 0 bridgehead atoms. The van der Waals surface area contributed by atoms with Crippen LogP contribution in [0.5, 0.6) is 0 Å². The van der Waals surface area contributed by atoms with Crippen LogP contribution in [0.2, 0.25) is 0 Å². The molecule has 1 saturated heterocycles. The highest BCUT2D eigenvalue weighted by Gasteiger charge is 2.25. The Labute approximate surface area is 146 Å². The molecule has 0 saturated carbocycles. The van der Waals surface area contributed by atoms with E-state index in [9.17, 15) is 14.7 Å². The van der Waals surface area contributed by atoms with Gasteiger partial charge in [0.05, 0.1) is 11.3 Å². The summed E-state index contributed by atoms with van der Waals surface area (Å²) in [5.41, 5.74) is 2.29. The molecule has 2 aromatic rings. The second-order valence-corrected chi connectivity index (χ2v) is 6.38. The number of carboxylic acids is 1. The van der Waals surface area contributed by atoms with Crippen molar-refractivity contribution in [3.63, 3.8) is 0 Å². The van der Waals surface area contributed by atoms with Gasteiger partial charge in [-0.2, -0.15) is 0 Å². The molecule has 1 aliphatic heterocycles. The van der Waals surface area contributed by atoms with Crippen molar-refractivity contribution in [2.75, 3.05) is 13.1 Å². The van der Waals surface area contributed by atoms with Gasteiger partial charge in [-0.25, -0.2) is 14.8 Å². The Balaban J connectivity index is 1.99. The third-order valence-corrected chi connectivity index (χ3v) is 4.58. The third kappa shape index (κ3) is 3.68. The lowest BCUT2D eigenvalue weighted by molar-refractivity contribution is -0.130. The number of rotatable bonds is 3. The Morgan fingerprint density at radius 1 is 1.24 bits per heavy atom. The summed E-state index contributed by atoms with van der Waals surface area (Å²) in [6.07, 6.45) is 1.90. The van der Waals surface area contributed by atoms with Gasteiger partial charge in [-0.05, 0) is 31.9 Å². The lowest BCUT2D eigenvalue weighted by Crippen LogP contribution is -2.37. The maximum Gasteiger partial charge on any atom is 0.336 e. The summed E-state index contributed by atoms with van der Waals surface area (Å²) in [4.78, 5) is 34.0. The minimum absolute atomic E-state index is 0.0759. The number of benzene rings is 1. The number of aryl methyl sites for hydroxylation is 1. The zero-order valence-electron chi connectivity index (χ0n) is 14.4. The van der Waals surface area contributed by atoms with Crippen LogP contribution in [0.15, 0.2) is 30.3 Å². The molecule has 0 aliphatic carbocycles. The molecular weight excluding hydrogens is 318 g/mol. The summed E-state index contributed by atoms with van der Waals surface area (Å²) in [5.74, 6) is -0.150. The summed E-state index contributed by atoms with van der Waals surface area (Å²) < 4.78 is 0. The molecule has 1 fully saturated rings. The fourth-order valence-electron chi connectivity index (χ4n) is 3.34. The Hall–Kier alpha value is -2.76. The molecule has 0 radical (unpaired) electrons. The lowest BCUT2D eigenvalue weighted by atomic mass is 9.93. The number of piperidine rings is 1. The third-order valence-electron chi connectivity index (χ3n) is 4.58. The molecule has 2 heterocycles. The second kappa shape index (κ2) is 7.01. The molecule has 1 N–H and O–H groups in total. The van der Waals surface area contributed by atoms with Crippen molar-refractivity contribution in [3.05, 3.63) is 47.4 Å². The first-order chi connectivity index (χ1) is 12.0. The fourth-order valence-corrected chi connectivity index (χ4v) is 3.34. The predicted molar refractivity (Wildman–Crippen MR) is 93.4 cm³/mol. The zero-order chi connectivity index (χ0) is 18.0. The number of aromatic nitrogens is 2. The highest BCUT2D eigenvalue weighted by atomic mass is 16.4. The molecule has 1 aromatic heterocycles. The maximum absolute atomic E-state index is 11.7. The molecule has 1 aromatic carbocycles. The first kappa shape index (κ1) is 17.1. The van der Waals surface area contributed by atoms with E-state index in [2.05, 4.69) is 9.97 Å². The summed E-state index contributed by atoms with van der Waals surface area (Å²) in [6.45, 7) is 4.82. The molecule has 1 atom stereocenters.